The summed E-state index contributed by atoms with van der Waals surface area (Å²) in [4.78, 5) is 1.32. The molecule has 0 amide bonds. The number of rotatable bonds is 6. The summed E-state index contributed by atoms with van der Waals surface area (Å²) in [6, 6.07) is 10.8. The zero-order valence-electron chi connectivity index (χ0n) is 9.65. The minimum Gasteiger partial charge on any atom is -0.327 e. The van der Waals surface area contributed by atoms with Crippen LogP contribution in [0.2, 0.25) is 0 Å². The lowest BCUT2D eigenvalue weighted by atomic mass is 10.1. The largest absolute Gasteiger partial charge is 0.327 e. The van der Waals surface area contributed by atoms with Crippen molar-refractivity contribution in [1.29, 1.82) is 0 Å². The summed E-state index contributed by atoms with van der Waals surface area (Å²) < 4.78 is 0. The molecule has 15 heavy (non-hydrogen) atoms. The third kappa shape index (κ3) is 5.85. The molecule has 0 aliphatic heterocycles. The third-order valence-corrected chi connectivity index (χ3v) is 3.52. The van der Waals surface area contributed by atoms with Gasteiger partial charge >= 0.3 is 0 Å². The Bertz CT molecular complexity index is 258. The first-order chi connectivity index (χ1) is 7.18. The lowest BCUT2D eigenvalue weighted by Gasteiger charge is -2.12. The van der Waals surface area contributed by atoms with E-state index >= 15 is 0 Å². The second-order valence-electron chi connectivity index (χ2n) is 4.36. The van der Waals surface area contributed by atoms with E-state index in [4.69, 9.17) is 5.73 Å². The summed E-state index contributed by atoms with van der Waals surface area (Å²) in [6.45, 7) is 4.49. The molecule has 2 heteroatoms. The van der Waals surface area contributed by atoms with Gasteiger partial charge in [-0.3, -0.25) is 0 Å². The van der Waals surface area contributed by atoms with Crippen LogP contribution < -0.4 is 5.73 Å². The van der Waals surface area contributed by atoms with Crippen LogP contribution in [-0.4, -0.2) is 11.8 Å². The van der Waals surface area contributed by atoms with Gasteiger partial charge in [-0.05, 0) is 30.9 Å². The maximum absolute atomic E-state index is 6.05. The lowest BCUT2D eigenvalue weighted by molar-refractivity contribution is 0.517. The average molecular weight is 223 g/mol. The van der Waals surface area contributed by atoms with Crippen LogP contribution in [0.1, 0.15) is 26.7 Å². The smallest absolute Gasteiger partial charge is 0.0134 e. The predicted octanol–water partition coefficient (Wildman–Crippen LogP) is 3.54. The van der Waals surface area contributed by atoms with E-state index in [1.165, 1.54) is 11.3 Å². The molecule has 1 aromatic rings. The highest BCUT2D eigenvalue weighted by Crippen LogP contribution is 2.19. The summed E-state index contributed by atoms with van der Waals surface area (Å²) in [5.41, 5.74) is 6.05. The highest BCUT2D eigenvalue weighted by atomic mass is 32.2. The average Bonchev–Trinajstić information content (AvgIpc) is 2.25. The van der Waals surface area contributed by atoms with Crippen molar-refractivity contribution in [3.63, 3.8) is 0 Å². The molecule has 0 aliphatic rings. The Morgan fingerprint density at radius 2 is 1.80 bits per heavy atom. The van der Waals surface area contributed by atoms with Gasteiger partial charge < -0.3 is 5.73 Å². The molecular formula is C13H21NS. The molecule has 0 spiro atoms. The molecule has 1 atom stereocenters. The summed E-state index contributed by atoms with van der Waals surface area (Å²) in [5.74, 6) is 1.79. The molecule has 0 aliphatic carbocycles. The van der Waals surface area contributed by atoms with Gasteiger partial charge in [-0.25, -0.2) is 0 Å². The molecule has 0 heterocycles. The number of benzene rings is 1. The van der Waals surface area contributed by atoms with Crippen molar-refractivity contribution in [3.8, 4) is 0 Å². The van der Waals surface area contributed by atoms with Gasteiger partial charge in [0.25, 0.3) is 0 Å². The van der Waals surface area contributed by atoms with Crippen molar-refractivity contribution in [1.82, 2.24) is 0 Å². The second kappa shape index (κ2) is 6.91. The molecule has 0 saturated carbocycles. The first-order valence-electron chi connectivity index (χ1n) is 5.62. The van der Waals surface area contributed by atoms with E-state index in [1.807, 2.05) is 17.8 Å². The van der Waals surface area contributed by atoms with Gasteiger partial charge in [-0.2, -0.15) is 0 Å². The van der Waals surface area contributed by atoms with Gasteiger partial charge in [-0.15, -0.1) is 11.8 Å². The van der Waals surface area contributed by atoms with Crippen molar-refractivity contribution in [2.75, 3.05) is 5.75 Å². The summed E-state index contributed by atoms with van der Waals surface area (Å²) >= 11 is 1.86. The van der Waals surface area contributed by atoms with E-state index in [-0.39, 0.29) is 0 Å². The van der Waals surface area contributed by atoms with Crippen molar-refractivity contribution in [3.05, 3.63) is 30.3 Å². The zero-order chi connectivity index (χ0) is 11.1. The molecule has 0 bridgehead atoms. The van der Waals surface area contributed by atoms with Gasteiger partial charge in [0.1, 0.15) is 0 Å². The SMILES string of the molecule is CC(C)CC[C@@H](N)CSc1ccccc1. The molecule has 84 valence electrons. The quantitative estimate of drug-likeness (QED) is 0.746. The summed E-state index contributed by atoms with van der Waals surface area (Å²) in [6.07, 6.45) is 2.37. The van der Waals surface area contributed by atoms with Gasteiger partial charge in [-0.1, -0.05) is 32.0 Å². The number of hydrogen-bond acceptors (Lipinski definition) is 2. The van der Waals surface area contributed by atoms with E-state index in [0.29, 0.717) is 6.04 Å². The van der Waals surface area contributed by atoms with Crippen molar-refractivity contribution in [2.45, 2.75) is 37.6 Å². The van der Waals surface area contributed by atoms with Gasteiger partial charge in [0.2, 0.25) is 0 Å². The third-order valence-electron chi connectivity index (χ3n) is 2.32. The molecule has 0 unspecified atom stereocenters. The first kappa shape index (κ1) is 12.6. The second-order valence-corrected chi connectivity index (χ2v) is 5.45. The highest BCUT2D eigenvalue weighted by Gasteiger charge is 2.04. The van der Waals surface area contributed by atoms with Crippen LogP contribution in [0, 0.1) is 5.92 Å². The van der Waals surface area contributed by atoms with Gasteiger partial charge in [0.15, 0.2) is 0 Å². The molecule has 0 aromatic heterocycles. The topological polar surface area (TPSA) is 26.0 Å². The Morgan fingerprint density at radius 1 is 1.13 bits per heavy atom. The Balaban J connectivity index is 2.19. The molecule has 1 aromatic carbocycles. The Labute approximate surface area is 97.4 Å². The number of hydrogen-bond donors (Lipinski definition) is 1. The molecule has 1 nitrogen and oxygen atoms in total. The Morgan fingerprint density at radius 3 is 2.40 bits per heavy atom. The van der Waals surface area contributed by atoms with Crippen LogP contribution in [0.5, 0.6) is 0 Å². The number of nitrogens with two attached hydrogens (primary N) is 1. The molecule has 1 rings (SSSR count). The fourth-order valence-corrected chi connectivity index (χ4v) is 2.27. The van der Waals surface area contributed by atoms with Crippen LogP contribution in [0.3, 0.4) is 0 Å². The number of thioether (sulfide) groups is 1. The van der Waals surface area contributed by atoms with Gasteiger partial charge in [0, 0.05) is 16.7 Å². The minimum atomic E-state index is 0.331. The summed E-state index contributed by atoms with van der Waals surface area (Å²) in [7, 11) is 0. The molecule has 0 saturated heterocycles. The Kier molecular flexibility index (Phi) is 5.81. The van der Waals surface area contributed by atoms with E-state index < -0.39 is 0 Å². The maximum Gasteiger partial charge on any atom is 0.0134 e. The highest BCUT2D eigenvalue weighted by molar-refractivity contribution is 7.99. The summed E-state index contributed by atoms with van der Waals surface area (Å²) in [5, 5.41) is 0. The standard InChI is InChI=1S/C13H21NS/c1-11(2)8-9-12(14)10-15-13-6-4-3-5-7-13/h3-7,11-12H,8-10,14H2,1-2H3/t12-/m1/s1. The Hall–Kier alpha value is -0.470. The fourth-order valence-electron chi connectivity index (χ4n) is 1.35. The normalized spacial score (nSPS) is 13.1. The van der Waals surface area contributed by atoms with Crippen molar-refractivity contribution < 1.29 is 0 Å². The minimum absolute atomic E-state index is 0.331. The van der Waals surface area contributed by atoms with Gasteiger partial charge in [0.05, 0.1) is 0 Å². The zero-order valence-corrected chi connectivity index (χ0v) is 10.5. The van der Waals surface area contributed by atoms with E-state index in [2.05, 4.69) is 38.1 Å². The van der Waals surface area contributed by atoms with Crippen LogP contribution in [0.4, 0.5) is 0 Å². The predicted molar refractivity (Wildman–Crippen MR) is 69.2 cm³/mol. The molecular weight excluding hydrogens is 202 g/mol. The van der Waals surface area contributed by atoms with E-state index in [9.17, 15) is 0 Å². The van der Waals surface area contributed by atoms with Crippen molar-refractivity contribution in [2.24, 2.45) is 11.7 Å². The van der Waals surface area contributed by atoms with Crippen LogP contribution in [-0.2, 0) is 0 Å². The van der Waals surface area contributed by atoms with Crippen LogP contribution in [0.25, 0.3) is 0 Å². The molecule has 0 fully saturated rings. The monoisotopic (exact) mass is 223 g/mol. The molecule has 0 radical (unpaired) electrons. The van der Waals surface area contributed by atoms with Crippen LogP contribution >= 0.6 is 11.8 Å². The van der Waals surface area contributed by atoms with Crippen LogP contribution in [0.15, 0.2) is 35.2 Å². The fraction of sp³-hybridized carbons (Fsp3) is 0.538. The first-order valence-corrected chi connectivity index (χ1v) is 6.60. The maximum atomic E-state index is 6.05. The lowest BCUT2D eigenvalue weighted by Crippen LogP contribution is -2.23. The van der Waals surface area contributed by atoms with E-state index in [1.54, 1.807) is 0 Å². The molecule has 2 N–H and O–H groups in total. The van der Waals surface area contributed by atoms with Crippen molar-refractivity contribution >= 4 is 11.8 Å². The van der Waals surface area contributed by atoms with E-state index in [0.717, 1.165) is 18.1 Å².